The number of nitrogens with zero attached hydrogens (tertiary/aromatic N) is 7. The van der Waals surface area contributed by atoms with Gasteiger partial charge < -0.3 is 20.1 Å². The van der Waals surface area contributed by atoms with Crippen molar-refractivity contribution >= 4 is 39.3 Å². The van der Waals surface area contributed by atoms with Crippen LogP contribution in [0.4, 0.5) is 11.4 Å². The summed E-state index contributed by atoms with van der Waals surface area (Å²) in [6.07, 6.45) is 10.6. The van der Waals surface area contributed by atoms with Crippen LogP contribution < -0.4 is 10.2 Å². The largest absolute Gasteiger partial charge is 0.370 e. The molecular formula is C26H28N10O. The van der Waals surface area contributed by atoms with Crippen LogP contribution in [-0.2, 0) is 4.79 Å². The summed E-state index contributed by atoms with van der Waals surface area (Å²) < 4.78 is 0. The van der Waals surface area contributed by atoms with Crippen molar-refractivity contribution in [3.63, 3.8) is 0 Å². The summed E-state index contributed by atoms with van der Waals surface area (Å²) >= 11 is 0. The van der Waals surface area contributed by atoms with Crippen molar-refractivity contribution in [1.82, 2.24) is 40.0 Å². The highest BCUT2D eigenvalue weighted by Crippen LogP contribution is 2.32. The lowest BCUT2D eigenvalue weighted by Crippen LogP contribution is -2.29. The number of aromatic amines is 2. The number of anilines is 2. The van der Waals surface area contributed by atoms with Gasteiger partial charge in [-0.2, -0.15) is 5.10 Å². The summed E-state index contributed by atoms with van der Waals surface area (Å²) in [5.41, 5.74) is 6.35. The molecule has 1 saturated heterocycles. The second-order valence-corrected chi connectivity index (χ2v) is 9.60. The van der Waals surface area contributed by atoms with E-state index >= 15 is 0 Å². The molecule has 0 saturated carbocycles. The molecule has 0 radical (unpaired) electrons. The second-order valence-electron chi connectivity index (χ2n) is 9.60. The van der Waals surface area contributed by atoms with E-state index in [4.69, 9.17) is 4.98 Å². The van der Waals surface area contributed by atoms with Crippen LogP contribution in [0.5, 0.6) is 0 Å². The molecule has 11 heteroatoms. The molecular weight excluding hydrogens is 468 g/mol. The monoisotopic (exact) mass is 496 g/mol. The quantitative estimate of drug-likeness (QED) is 0.326. The predicted molar refractivity (Wildman–Crippen MR) is 143 cm³/mol. The molecule has 0 spiro atoms. The molecule has 6 rings (SSSR count). The van der Waals surface area contributed by atoms with Crippen LogP contribution >= 0.6 is 0 Å². The van der Waals surface area contributed by atoms with E-state index in [0.29, 0.717) is 29.4 Å². The molecule has 0 aromatic carbocycles. The summed E-state index contributed by atoms with van der Waals surface area (Å²) in [5, 5.41) is 11.4. The van der Waals surface area contributed by atoms with E-state index in [-0.39, 0.29) is 5.91 Å². The summed E-state index contributed by atoms with van der Waals surface area (Å²) in [4.78, 5) is 38.0. The lowest BCUT2D eigenvalue weighted by molar-refractivity contribution is -0.116. The SMILES string of the molecule is CN(C)CC(=O)Nc1cncc(-c2cc3c(-c4nc5nccc(N6CCCCC6)c5[nH]4)n[nH]c3cn2)c1. The fourth-order valence-electron chi connectivity index (χ4n) is 4.80. The Morgan fingerprint density at radius 1 is 1.11 bits per heavy atom. The number of rotatable bonds is 6. The number of fused-ring (bicyclic) bond motifs is 2. The number of H-pyrrole nitrogens is 2. The van der Waals surface area contributed by atoms with E-state index in [2.05, 4.69) is 46.4 Å². The topological polar surface area (TPSA) is 132 Å². The molecule has 0 unspecified atom stereocenters. The number of hydrogen-bond acceptors (Lipinski definition) is 8. The van der Waals surface area contributed by atoms with E-state index in [9.17, 15) is 4.79 Å². The molecule has 1 amide bonds. The van der Waals surface area contributed by atoms with Crippen LogP contribution in [0.15, 0.2) is 43.0 Å². The Bertz CT molecular complexity index is 1580. The maximum Gasteiger partial charge on any atom is 0.238 e. The van der Waals surface area contributed by atoms with E-state index < -0.39 is 0 Å². The van der Waals surface area contributed by atoms with Crippen LogP contribution in [0.2, 0.25) is 0 Å². The van der Waals surface area contributed by atoms with Gasteiger partial charge in [0.1, 0.15) is 11.2 Å². The number of pyridine rings is 3. The lowest BCUT2D eigenvalue weighted by Gasteiger charge is -2.28. The summed E-state index contributed by atoms with van der Waals surface area (Å²) in [7, 11) is 3.70. The van der Waals surface area contributed by atoms with Gasteiger partial charge in [0.25, 0.3) is 0 Å². The molecule has 1 aliphatic rings. The first-order valence-corrected chi connectivity index (χ1v) is 12.4. The molecule has 5 aromatic heterocycles. The Morgan fingerprint density at radius 2 is 1.97 bits per heavy atom. The van der Waals surface area contributed by atoms with Crippen molar-refractivity contribution in [2.75, 3.05) is 43.9 Å². The molecule has 0 aliphatic carbocycles. The number of nitrogens with one attached hydrogen (secondary N) is 3. The Labute approximate surface area is 213 Å². The van der Waals surface area contributed by atoms with Crippen LogP contribution in [0.1, 0.15) is 19.3 Å². The smallest absolute Gasteiger partial charge is 0.238 e. The Balaban J connectivity index is 1.35. The van der Waals surface area contributed by atoms with Gasteiger partial charge in [-0.25, -0.2) is 9.97 Å². The normalized spacial score (nSPS) is 14.1. The van der Waals surface area contributed by atoms with Crippen LogP contribution in [0, 0.1) is 0 Å². The van der Waals surface area contributed by atoms with Gasteiger partial charge in [0, 0.05) is 36.4 Å². The Morgan fingerprint density at radius 3 is 2.81 bits per heavy atom. The third-order valence-electron chi connectivity index (χ3n) is 6.52. The number of imidazole rings is 1. The molecule has 5 aromatic rings. The Kier molecular flexibility index (Phi) is 5.97. The maximum atomic E-state index is 12.2. The fourth-order valence-corrected chi connectivity index (χ4v) is 4.80. The highest BCUT2D eigenvalue weighted by Gasteiger charge is 2.19. The number of likely N-dealkylation sites (N-methyl/N-ethyl adjacent to an activating group) is 1. The molecule has 3 N–H and O–H groups in total. The number of amides is 1. The van der Waals surface area contributed by atoms with E-state index in [1.165, 1.54) is 19.3 Å². The molecule has 0 atom stereocenters. The van der Waals surface area contributed by atoms with Crippen molar-refractivity contribution in [2.45, 2.75) is 19.3 Å². The molecule has 0 bridgehead atoms. The number of hydrogen-bond donors (Lipinski definition) is 3. The minimum atomic E-state index is -0.105. The van der Waals surface area contributed by atoms with Gasteiger partial charge in [-0.3, -0.25) is 19.9 Å². The second kappa shape index (κ2) is 9.58. The first-order chi connectivity index (χ1) is 18.0. The van der Waals surface area contributed by atoms with Gasteiger partial charge in [0.15, 0.2) is 11.5 Å². The van der Waals surface area contributed by atoms with Gasteiger partial charge in [0.2, 0.25) is 5.91 Å². The number of carbonyl (C=O) groups excluding carboxylic acids is 1. The first-order valence-electron chi connectivity index (χ1n) is 12.4. The fraction of sp³-hybridized carbons (Fsp3) is 0.308. The first kappa shape index (κ1) is 23.0. The average molecular weight is 497 g/mol. The van der Waals surface area contributed by atoms with Crippen LogP contribution in [0.3, 0.4) is 0 Å². The van der Waals surface area contributed by atoms with E-state index in [1.54, 1.807) is 18.6 Å². The van der Waals surface area contributed by atoms with E-state index in [0.717, 1.165) is 46.5 Å². The van der Waals surface area contributed by atoms with Gasteiger partial charge in [-0.05, 0) is 51.6 Å². The van der Waals surface area contributed by atoms with Gasteiger partial charge in [-0.1, -0.05) is 0 Å². The van der Waals surface area contributed by atoms with Crippen molar-refractivity contribution in [1.29, 1.82) is 0 Å². The average Bonchev–Trinajstić information content (AvgIpc) is 3.52. The minimum Gasteiger partial charge on any atom is -0.370 e. The zero-order chi connectivity index (χ0) is 25.4. The highest BCUT2D eigenvalue weighted by molar-refractivity contribution is 5.96. The minimum absolute atomic E-state index is 0.105. The zero-order valence-corrected chi connectivity index (χ0v) is 20.8. The Hall–Kier alpha value is -4.38. The molecule has 6 heterocycles. The number of piperidine rings is 1. The standard InChI is InChI=1S/C26H28N10O/c1-35(2)15-22(37)30-17-10-16(12-27-13-17)19-11-18-20(14-29-19)33-34-23(18)26-31-24-21(6-7-28-25(24)32-26)36-8-4-3-5-9-36/h6-7,10-14H,3-5,8-9,15H2,1-2H3,(H,30,37)(H,33,34)(H,28,31,32). The van der Waals surface area contributed by atoms with Gasteiger partial charge in [0.05, 0.1) is 41.5 Å². The molecule has 1 aliphatic heterocycles. The van der Waals surface area contributed by atoms with E-state index in [1.807, 2.05) is 37.3 Å². The van der Waals surface area contributed by atoms with Crippen molar-refractivity contribution in [3.8, 4) is 22.8 Å². The zero-order valence-electron chi connectivity index (χ0n) is 20.8. The predicted octanol–water partition coefficient (Wildman–Crippen LogP) is 3.45. The van der Waals surface area contributed by atoms with Gasteiger partial charge in [-0.15, -0.1) is 0 Å². The van der Waals surface area contributed by atoms with Crippen LogP contribution in [-0.4, -0.2) is 79.7 Å². The van der Waals surface area contributed by atoms with Gasteiger partial charge >= 0.3 is 0 Å². The van der Waals surface area contributed by atoms with Crippen molar-refractivity contribution < 1.29 is 4.79 Å². The number of carbonyl (C=O) groups is 1. The van der Waals surface area contributed by atoms with Crippen molar-refractivity contribution in [3.05, 3.63) is 43.0 Å². The molecule has 37 heavy (non-hydrogen) atoms. The molecule has 188 valence electrons. The highest BCUT2D eigenvalue weighted by atomic mass is 16.2. The molecule has 11 nitrogen and oxygen atoms in total. The van der Waals surface area contributed by atoms with Crippen LogP contribution in [0.25, 0.3) is 44.8 Å². The maximum absolute atomic E-state index is 12.2. The van der Waals surface area contributed by atoms with Crippen molar-refractivity contribution in [2.24, 2.45) is 0 Å². The molecule has 1 fully saturated rings. The third-order valence-corrected chi connectivity index (χ3v) is 6.52. The lowest BCUT2D eigenvalue weighted by atomic mass is 10.1. The summed E-state index contributed by atoms with van der Waals surface area (Å²) in [6, 6.07) is 5.88. The number of aromatic nitrogens is 7. The summed E-state index contributed by atoms with van der Waals surface area (Å²) in [6.45, 7) is 2.37. The third kappa shape index (κ3) is 4.60. The summed E-state index contributed by atoms with van der Waals surface area (Å²) in [5.74, 6) is 0.546.